The van der Waals surface area contributed by atoms with Crippen molar-refractivity contribution in [1.82, 2.24) is 10.3 Å². The van der Waals surface area contributed by atoms with E-state index >= 15 is 0 Å². The lowest BCUT2D eigenvalue weighted by molar-refractivity contribution is -0.384. The van der Waals surface area contributed by atoms with Crippen molar-refractivity contribution in [2.24, 2.45) is 11.0 Å². The third kappa shape index (κ3) is 2.79. The molecule has 2 aliphatic rings. The number of benzene rings is 1. The molecule has 0 saturated heterocycles. The molecule has 1 aliphatic carbocycles. The zero-order chi connectivity index (χ0) is 14.8. The number of likely N-dealkylation sites (N-methyl/N-ethyl adjacent to an activating group) is 1. The molecule has 0 saturated carbocycles. The highest BCUT2D eigenvalue weighted by molar-refractivity contribution is 5.68. The zero-order valence-corrected chi connectivity index (χ0v) is 11.6. The normalized spacial score (nSPS) is 22.9. The average Bonchev–Trinajstić information content (AvgIpc) is 2.86. The number of allylic oxidation sites excluding steroid dienone is 1. The van der Waals surface area contributed by atoms with E-state index in [1.165, 1.54) is 12.1 Å². The molecule has 108 valence electrons. The standard InChI is InChI=1S/C15H16N4O2/c1-18-15-7-4-13(8-12(15)10-17-18)16-9-11-2-5-14(6-3-11)19(20)21/h2-8,10,12,15-16H,9H2,1H3. The SMILES string of the molecule is CN1N=CC2C=C(NCc3ccc([N+](=O)[O-])cc3)C=CC21. The van der Waals surface area contributed by atoms with Crippen LogP contribution in [0.1, 0.15) is 5.56 Å². The van der Waals surface area contributed by atoms with Crippen LogP contribution in [0.5, 0.6) is 0 Å². The highest BCUT2D eigenvalue weighted by Crippen LogP contribution is 2.23. The molecule has 6 heteroatoms. The Morgan fingerprint density at radius 3 is 2.86 bits per heavy atom. The van der Waals surface area contributed by atoms with Crippen LogP contribution in [0.2, 0.25) is 0 Å². The predicted molar refractivity (Wildman–Crippen MR) is 80.7 cm³/mol. The van der Waals surface area contributed by atoms with Crippen molar-refractivity contribution < 1.29 is 4.92 Å². The van der Waals surface area contributed by atoms with Crippen molar-refractivity contribution in [3.63, 3.8) is 0 Å². The van der Waals surface area contributed by atoms with Gasteiger partial charge < -0.3 is 5.32 Å². The van der Waals surface area contributed by atoms with E-state index in [0.29, 0.717) is 18.5 Å². The van der Waals surface area contributed by atoms with Crippen molar-refractivity contribution in [3.05, 3.63) is 63.9 Å². The molecule has 1 aliphatic heterocycles. The topological polar surface area (TPSA) is 70.8 Å². The molecule has 0 fully saturated rings. The lowest BCUT2D eigenvalue weighted by Crippen LogP contribution is -2.29. The summed E-state index contributed by atoms with van der Waals surface area (Å²) in [7, 11) is 1.97. The van der Waals surface area contributed by atoms with Crippen LogP contribution in [0.3, 0.4) is 0 Å². The second-order valence-electron chi connectivity index (χ2n) is 5.16. The third-order valence-electron chi connectivity index (χ3n) is 3.74. The number of nitrogens with zero attached hydrogens (tertiary/aromatic N) is 3. The van der Waals surface area contributed by atoms with Crippen molar-refractivity contribution in [1.29, 1.82) is 0 Å². The Balaban J connectivity index is 1.61. The molecular formula is C15H16N4O2. The van der Waals surface area contributed by atoms with Crippen LogP contribution in [0.15, 0.2) is 53.3 Å². The van der Waals surface area contributed by atoms with Gasteiger partial charge in [-0.2, -0.15) is 5.10 Å². The van der Waals surface area contributed by atoms with Crippen molar-refractivity contribution >= 4 is 11.9 Å². The van der Waals surface area contributed by atoms with Gasteiger partial charge in [0.25, 0.3) is 5.69 Å². The summed E-state index contributed by atoms with van der Waals surface area (Å²) in [5, 5.41) is 20.2. The van der Waals surface area contributed by atoms with Gasteiger partial charge in [0.15, 0.2) is 0 Å². The van der Waals surface area contributed by atoms with Gasteiger partial charge in [0.2, 0.25) is 0 Å². The number of nitro benzene ring substituents is 1. The molecular weight excluding hydrogens is 268 g/mol. The Hall–Kier alpha value is -2.63. The summed E-state index contributed by atoms with van der Waals surface area (Å²) in [5.41, 5.74) is 2.18. The number of hydrogen-bond acceptors (Lipinski definition) is 5. The minimum absolute atomic E-state index is 0.114. The lowest BCUT2D eigenvalue weighted by atomic mass is 9.95. The highest BCUT2D eigenvalue weighted by atomic mass is 16.6. The van der Waals surface area contributed by atoms with E-state index in [2.05, 4.69) is 28.6 Å². The molecule has 1 N–H and O–H groups in total. The van der Waals surface area contributed by atoms with E-state index in [9.17, 15) is 10.1 Å². The summed E-state index contributed by atoms with van der Waals surface area (Å²) in [6.07, 6.45) is 8.29. The summed E-state index contributed by atoms with van der Waals surface area (Å²) in [6, 6.07) is 6.90. The molecule has 0 bridgehead atoms. The summed E-state index contributed by atoms with van der Waals surface area (Å²) in [4.78, 5) is 10.2. The number of hydrogen-bond donors (Lipinski definition) is 1. The average molecular weight is 284 g/mol. The number of fused-ring (bicyclic) bond motifs is 1. The Morgan fingerprint density at radius 1 is 1.38 bits per heavy atom. The Labute approximate surface area is 122 Å². The molecule has 1 aromatic rings. The van der Waals surface area contributed by atoms with Gasteiger partial charge in [0.05, 0.1) is 11.0 Å². The van der Waals surface area contributed by atoms with Gasteiger partial charge in [-0.05, 0) is 11.6 Å². The molecule has 2 unspecified atom stereocenters. The largest absolute Gasteiger partial charge is 0.381 e. The number of hydrazone groups is 1. The molecule has 6 nitrogen and oxygen atoms in total. The number of nitro groups is 1. The van der Waals surface area contributed by atoms with E-state index in [4.69, 9.17) is 0 Å². The number of non-ortho nitro benzene ring substituents is 1. The van der Waals surface area contributed by atoms with E-state index in [0.717, 1.165) is 11.3 Å². The van der Waals surface area contributed by atoms with Gasteiger partial charge in [-0.1, -0.05) is 24.3 Å². The molecule has 21 heavy (non-hydrogen) atoms. The van der Waals surface area contributed by atoms with Crippen LogP contribution in [-0.2, 0) is 6.54 Å². The third-order valence-corrected chi connectivity index (χ3v) is 3.74. The summed E-state index contributed by atoms with van der Waals surface area (Å²) in [6.45, 7) is 0.637. The number of rotatable bonds is 4. The van der Waals surface area contributed by atoms with E-state index < -0.39 is 0 Å². The van der Waals surface area contributed by atoms with Gasteiger partial charge in [0, 0.05) is 43.6 Å². The summed E-state index contributed by atoms with van der Waals surface area (Å²) >= 11 is 0. The van der Waals surface area contributed by atoms with Crippen molar-refractivity contribution in [2.75, 3.05) is 7.05 Å². The van der Waals surface area contributed by atoms with Gasteiger partial charge in [-0.3, -0.25) is 15.1 Å². The Kier molecular flexibility index (Phi) is 3.43. The maximum absolute atomic E-state index is 10.6. The van der Waals surface area contributed by atoms with Gasteiger partial charge >= 0.3 is 0 Å². The van der Waals surface area contributed by atoms with E-state index in [1.807, 2.05) is 18.3 Å². The quantitative estimate of drug-likeness (QED) is 0.678. The van der Waals surface area contributed by atoms with Crippen LogP contribution in [-0.4, -0.2) is 29.2 Å². The Morgan fingerprint density at radius 2 is 2.14 bits per heavy atom. The molecule has 1 heterocycles. The van der Waals surface area contributed by atoms with Crippen molar-refractivity contribution in [3.8, 4) is 0 Å². The monoisotopic (exact) mass is 284 g/mol. The molecule has 1 aromatic carbocycles. The minimum atomic E-state index is -0.389. The first kappa shape index (κ1) is 13.4. The van der Waals surface area contributed by atoms with E-state index in [1.54, 1.807) is 12.1 Å². The zero-order valence-electron chi connectivity index (χ0n) is 11.6. The summed E-state index contributed by atoms with van der Waals surface area (Å²) in [5.74, 6) is 0.305. The van der Waals surface area contributed by atoms with Crippen LogP contribution in [0.4, 0.5) is 5.69 Å². The van der Waals surface area contributed by atoms with Gasteiger partial charge in [0.1, 0.15) is 0 Å². The maximum Gasteiger partial charge on any atom is 0.269 e. The Bertz CT molecular complexity index is 634. The molecule has 3 rings (SSSR count). The fourth-order valence-electron chi connectivity index (χ4n) is 2.51. The van der Waals surface area contributed by atoms with Crippen molar-refractivity contribution in [2.45, 2.75) is 12.6 Å². The smallest absolute Gasteiger partial charge is 0.269 e. The number of nitrogens with one attached hydrogen (secondary N) is 1. The first-order valence-corrected chi connectivity index (χ1v) is 6.77. The molecule has 0 amide bonds. The first-order valence-electron chi connectivity index (χ1n) is 6.77. The fraction of sp³-hybridized carbons (Fsp3) is 0.267. The van der Waals surface area contributed by atoms with Crippen LogP contribution in [0.25, 0.3) is 0 Å². The second kappa shape index (κ2) is 5.40. The van der Waals surface area contributed by atoms with Gasteiger partial charge in [-0.15, -0.1) is 0 Å². The second-order valence-corrected chi connectivity index (χ2v) is 5.16. The minimum Gasteiger partial charge on any atom is -0.381 e. The maximum atomic E-state index is 10.6. The molecule has 0 radical (unpaired) electrons. The van der Waals surface area contributed by atoms with Crippen LogP contribution in [0, 0.1) is 16.0 Å². The highest BCUT2D eigenvalue weighted by Gasteiger charge is 2.27. The van der Waals surface area contributed by atoms with Crippen LogP contribution < -0.4 is 5.32 Å². The molecule has 2 atom stereocenters. The summed E-state index contributed by atoms with van der Waals surface area (Å²) < 4.78 is 0. The van der Waals surface area contributed by atoms with Gasteiger partial charge in [-0.25, -0.2) is 0 Å². The molecule has 0 aromatic heterocycles. The first-order chi connectivity index (χ1) is 10.1. The van der Waals surface area contributed by atoms with Crippen LogP contribution >= 0.6 is 0 Å². The van der Waals surface area contributed by atoms with E-state index in [-0.39, 0.29) is 10.6 Å². The predicted octanol–water partition coefficient (Wildman–Crippen LogP) is 2.05. The lowest BCUT2D eigenvalue weighted by Gasteiger charge is -2.23. The molecule has 0 spiro atoms. The fourth-order valence-corrected chi connectivity index (χ4v) is 2.51.